The van der Waals surface area contributed by atoms with Crippen molar-refractivity contribution in [1.29, 1.82) is 0 Å². The highest BCUT2D eigenvalue weighted by atomic mass is 16.5. The number of carbonyl (C=O) groups excluding carboxylic acids is 1. The highest BCUT2D eigenvalue weighted by Gasteiger charge is 2.16. The summed E-state index contributed by atoms with van der Waals surface area (Å²) in [6, 6.07) is 17.1. The van der Waals surface area contributed by atoms with Crippen molar-refractivity contribution >= 4 is 17.5 Å². The van der Waals surface area contributed by atoms with Crippen LogP contribution < -0.4 is 5.32 Å². The number of methoxy groups -OCH3 is 1. The van der Waals surface area contributed by atoms with Gasteiger partial charge < -0.3 is 10.1 Å². The molecule has 0 aliphatic carbocycles. The summed E-state index contributed by atoms with van der Waals surface area (Å²) in [5, 5.41) is 7.99. The summed E-state index contributed by atoms with van der Waals surface area (Å²) in [7, 11) is 1.35. The Morgan fingerprint density at radius 3 is 2.50 bits per heavy atom. The smallest absolute Gasteiger partial charge is 0.340 e. The van der Waals surface area contributed by atoms with E-state index in [-0.39, 0.29) is 0 Å². The second-order valence-corrected chi connectivity index (χ2v) is 5.94. The first-order valence-corrected chi connectivity index (χ1v) is 8.61. The van der Waals surface area contributed by atoms with Gasteiger partial charge in [0.1, 0.15) is 5.82 Å². The predicted molar refractivity (Wildman–Crippen MR) is 106 cm³/mol. The van der Waals surface area contributed by atoms with Gasteiger partial charge in [0.25, 0.3) is 0 Å². The number of nitrogens with zero attached hydrogens (tertiary/aromatic N) is 4. The molecule has 1 aromatic carbocycles. The van der Waals surface area contributed by atoms with Crippen LogP contribution in [0.25, 0.3) is 16.9 Å². The van der Waals surface area contributed by atoms with Gasteiger partial charge in [-0.25, -0.2) is 9.48 Å². The molecule has 28 heavy (non-hydrogen) atoms. The maximum atomic E-state index is 12.1. The van der Waals surface area contributed by atoms with Gasteiger partial charge in [-0.05, 0) is 18.2 Å². The van der Waals surface area contributed by atoms with Crippen LogP contribution in [-0.4, -0.2) is 32.8 Å². The zero-order valence-corrected chi connectivity index (χ0v) is 15.1. The van der Waals surface area contributed by atoms with E-state index in [1.807, 2.05) is 48.5 Å². The Bertz CT molecular complexity index is 1090. The summed E-state index contributed by atoms with van der Waals surface area (Å²) in [5.74, 6) is 0.242. The molecule has 1 N–H and O–H groups in total. The van der Waals surface area contributed by atoms with E-state index >= 15 is 0 Å². The van der Waals surface area contributed by atoms with Gasteiger partial charge in [-0.3, -0.25) is 9.97 Å². The van der Waals surface area contributed by atoms with Crippen LogP contribution in [0.4, 0.5) is 11.5 Å². The molecule has 0 spiro atoms. The van der Waals surface area contributed by atoms with Gasteiger partial charge in [-0.1, -0.05) is 30.3 Å². The number of nitrogens with one attached hydrogen (secondary N) is 1. The minimum atomic E-state index is -0.442. The lowest BCUT2D eigenvalue weighted by molar-refractivity contribution is 0.0602. The third-order valence-corrected chi connectivity index (χ3v) is 4.18. The summed E-state index contributed by atoms with van der Waals surface area (Å²) in [6.45, 7) is 0. The van der Waals surface area contributed by atoms with Crippen molar-refractivity contribution in [1.82, 2.24) is 19.7 Å². The van der Waals surface area contributed by atoms with E-state index in [1.165, 1.54) is 7.11 Å². The summed E-state index contributed by atoms with van der Waals surface area (Å²) >= 11 is 0. The average molecular weight is 371 g/mol. The number of anilines is 2. The van der Waals surface area contributed by atoms with Crippen LogP contribution in [0.3, 0.4) is 0 Å². The van der Waals surface area contributed by atoms with Crippen LogP contribution in [0, 0.1) is 0 Å². The molecule has 0 saturated carbocycles. The van der Waals surface area contributed by atoms with Gasteiger partial charge in [0.05, 0.1) is 35.9 Å². The molecule has 3 aromatic heterocycles. The molecule has 138 valence electrons. The summed E-state index contributed by atoms with van der Waals surface area (Å²) < 4.78 is 6.63. The van der Waals surface area contributed by atoms with E-state index in [4.69, 9.17) is 9.84 Å². The Balaban J connectivity index is 1.80. The topological polar surface area (TPSA) is 81.9 Å². The molecule has 0 radical (unpaired) electrons. The van der Waals surface area contributed by atoms with E-state index in [1.54, 1.807) is 35.5 Å². The molecule has 3 heterocycles. The predicted octanol–water partition coefficient (Wildman–Crippen LogP) is 3.86. The molecule has 0 unspecified atom stereocenters. The van der Waals surface area contributed by atoms with Crippen LogP contribution in [0.2, 0.25) is 0 Å². The maximum absolute atomic E-state index is 12.1. The SMILES string of the molecule is COC(=O)c1ccncc1Nc1cc(-c2ccccc2)nn1-c1ccncc1. The van der Waals surface area contributed by atoms with Crippen LogP contribution in [0.5, 0.6) is 0 Å². The number of rotatable bonds is 5. The van der Waals surface area contributed by atoms with Crippen LogP contribution in [0.15, 0.2) is 79.4 Å². The molecule has 0 aliphatic rings. The zero-order chi connectivity index (χ0) is 19.3. The molecule has 0 atom stereocenters. The largest absolute Gasteiger partial charge is 0.465 e. The van der Waals surface area contributed by atoms with Gasteiger partial charge in [-0.15, -0.1) is 0 Å². The van der Waals surface area contributed by atoms with E-state index in [0.717, 1.165) is 16.9 Å². The van der Waals surface area contributed by atoms with E-state index < -0.39 is 5.97 Å². The number of carbonyl (C=O) groups is 1. The molecule has 0 aliphatic heterocycles. The van der Waals surface area contributed by atoms with Gasteiger partial charge in [0.2, 0.25) is 0 Å². The lowest BCUT2D eigenvalue weighted by Gasteiger charge is -2.11. The van der Waals surface area contributed by atoms with E-state index in [2.05, 4.69) is 15.3 Å². The molecule has 0 amide bonds. The Morgan fingerprint density at radius 2 is 1.75 bits per heavy atom. The van der Waals surface area contributed by atoms with Crippen molar-refractivity contribution in [2.75, 3.05) is 12.4 Å². The molecule has 4 rings (SSSR count). The number of ether oxygens (including phenoxy) is 1. The van der Waals surface area contributed by atoms with E-state index in [9.17, 15) is 4.79 Å². The lowest BCUT2D eigenvalue weighted by Crippen LogP contribution is -2.08. The zero-order valence-electron chi connectivity index (χ0n) is 15.1. The Morgan fingerprint density at radius 1 is 1.00 bits per heavy atom. The van der Waals surface area contributed by atoms with Crippen molar-refractivity contribution in [3.05, 3.63) is 84.9 Å². The number of benzene rings is 1. The maximum Gasteiger partial charge on any atom is 0.340 e. The second-order valence-electron chi connectivity index (χ2n) is 5.94. The molecule has 0 bridgehead atoms. The first kappa shape index (κ1) is 17.4. The summed E-state index contributed by atoms with van der Waals surface area (Å²) in [4.78, 5) is 20.3. The highest BCUT2D eigenvalue weighted by Crippen LogP contribution is 2.28. The molecular weight excluding hydrogens is 354 g/mol. The van der Waals surface area contributed by atoms with Crippen molar-refractivity contribution in [3.63, 3.8) is 0 Å². The molecule has 7 nitrogen and oxygen atoms in total. The van der Waals surface area contributed by atoms with Crippen molar-refractivity contribution in [2.45, 2.75) is 0 Å². The number of esters is 1. The fourth-order valence-corrected chi connectivity index (χ4v) is 2.82. The van der Waals surface area contributed by atoms with Gasteiger partial charge in [0.15, 0.2) is 0 Å². The standard InChI is InChI=1S/C21H17N5O2/c1-28-21(27)17-9-12-23-14-19(17)24-20-13-18(15-5-3-2-4-6-15)25-26(20)16-7-10-22-11-8-16/h2-14,24H,1H3. The van der Waals surface area contributed by atoms with Crippen molar-refractivity contribution < 1.29 is 9.53 Å². The fraction of sp³-hybridized carbons (Fsp3) is 0.0476. The summed E-state index contributed by atoms with van der Waals surface area (Å²) in [5.41, 5.74) is 3.54. The highest BCUT2D eigenvalue weighted by molar-refractivity contribution is 5.96. The van der Waals surface area contributed by atoms with Crippen molar-refractivity contribution in [3.8, 4) is 16.9 Å². The normalized spacial score (nSPS) is 10.5. The first-order chi connectivity index (χ1) is 13.8. The number of pyridine rings is 2. The van der Waals surface area contributed by atoms with Gasteiger partial charge >= 0.3 is 5.97 Å². The molecule has 0 saturated heterocycles. The van der Waals surface area contributed by atoms with Crippen LogP contribution >= 0.6 is 0 Å². The quantitative estimate of drug-likeness (QED) is 0.537. The third-order valence-electron chi connectivity index (χ3n) is 4.18. The lowest BCUT2D eigenvalue weighted by atomic mass is 10.1. The van der Waals surface area contributed by atoms with E-state index in [0.29, 0.717) is 17.1 Å². The number of hydrogen-bond acceptors (Lipinski definition) is 6. The monoisotopic (exact) mass is 371 g/mol. The third kappa shape index (κ3) is 3.45. The van der Waals surface area contributed by atoms with Crippen LogP contribution in [0.1, 0.15) is 10.4 Å². The summed E-state index contributed by atoms with van der Waals surface area (Å²) in [6.07, 6.45) is 6.53. The van der Waals surface area contributed by atoms with Gasteiger partial charge in [-0.2, -0.15) is 5.10 Å². The van der Waals surface area contributed by atoms with Crippen molar-refractivity contribution in [2.24, 2.45) is 0 Å². The fourth-order valence-electron chi connectivity index (χ4n) is 2.82. The molecule has 7 heteroatoms. The molecule has 0 fully saturated rings. The van der Waals surface area contributed by atoms with Crippen LogP contribution in [-0.2, 0) is 4.74 Å². The number of hydrogen-bond donors (Lipinski definition) is 1. The molecule has 4 aromatic rings. The Kier molecular flexibility index (Phi) is 4.79. The number of aromatic nitrogens is 4. The Hall–Kier alpha value is -4.00. The minimum absolute atomic E-state index is 0.390. The Labute approximate surface area is 161 Å². The van der Waals surface area contributed by atoms with Gasteiger partial charge in [0, 0.05) is 30.2 Å². The first-order valence-electron chi connectivity index (χ1n) is 8.61. The molecular formula is C21H17N5O2. The average Bonchev–Trinajstić information content (AvgIpc) is 3.18. The second kappa shape index (κ2) is 7.71. The minimum Gasteiger partial charge on any atom is -0.465 e.